The fourth-order valence-corrected chi connectivity index (χ4v) is 5.64. The van der Waals surface area contributed by atoms with Gasteiger partial charge in [-0.2, -0.15) is 0 Å². The highest BCUT2D eigenvalue weighted by molar-refractivity contribution is 6.22. The molecular weight excluding hydrogens is 456 g/mol. The number of hydrogen-bond donors (Lipinski definition) is 0. The standard InChI is InChI=1S/C38H30/c1-3-14-27(4-2)31-21-23-33-35(25-31)36-26-32(28-15-8-5-9-16-28)22-24-34(36)38(30-19-12-7-13-20-30)37(33)29-17-10-6-11-18-29/h3-4,6-8,10-26H,1-2,5,9H2/b27-14+. The van der Waals surface area contributed by atoms with Gasteiger partial charge in [-0.1, -0.05) is 135 Å². The second-order valence-corrected chi connectivity index (χ2v) is 9.70. The van der Waals surface area contributed by atoms with Gasteiger partial charge in [0.05, 0.1) is 0 Å². The normalized spacial score (nSPS) is 13.5. The van der Waals surface area contributed by atoms with Crippen LogP contribution in [-0.4, -0.2) is 0 Å². The molecule has 182 valence electrons. The molecule has 0 fully saturated rings. The zero-order chi connectivity index (χ0) is 25.9. The average molecular weight is 487 g/mol. The third kappa shape index (κ3) is 4.25. The Morgan fingerprint density at radius 2 is 1.24 bits per heavy atom. The van der Waals surface area contributed by atoms with Crippen LogP contribution in [0.25, 0.3) is 54.9 Å². The highest BCUT2D eigenvalue weighted by Gasteiger charge is 2.19. The Morgan fingerprint density at radius 1 is 0.605 bits per heavy atom. The van der Waals surface area contributed by atoms with Crippen molar-refractivity contribution in [1.29, 1.82) is 0 Å². The Morgan fingerprint density at radius 3 is 1.82 bits per heavy atom. The van der Waals surface area contributed by atoms with Crippen molar-refractivity contribution in [2.75, 3.05) is 0 Å². The molecule has 0 nitrogen and oxygen atoms in total. The number of hydrogen-bond acceptors (Lipinski definition) is 0. The summed E-state index contributed by atoms with van der Waals surface area (Å²) in [6.45, 7) is 7.97. The van der Waals surface area contributed by atoms with E-state index in [1.165, 1.54) is 54.9 Å². The topological polar surface area (TPSA) is 0 Å². The SMILES string of the molecule is C=C/C=C(\C=C)c1ccc2c(-c3ccccc3)c(-c3ccccc3)c3ccc(C4=CCCC=C4)cc3c2c1. The first-order valence-electron chi connectivity index (χ1n) is 13.3. The first-order valence-corrected chi connectivity index (χ1v) is 13.3. The predicted octanol–water partition coefficient (Wildman–Crippen LogP) is 10.8. The van der Waals surface area contributed by atoms with Crippen molar-refractivity contribution in [3.05, 3.63) is 158 Å². The Balaban J connectivity index is 1.78. The van der Waals surface area contributed by atoms with E-state index in [0.717, 1.165) is 24.0 Å². The smallest absolute Gasteiger partial charge is 0.00203 e. The van der Waals surface area contributed by atoms with E-state index in [4.69, 9.17) is 0 Å². The van der Waals surface area contributed by atoms with E-state index in [1.807, 2.05) is 18.2 Å². The average Bonchev–Trinajstić information content (AvgIpc) is 3.00. The summed E-state index contributed by atoms with van der Waals surface area (Å²) >= 11 is 0. The molecule has 0 unspecified atom stereocenters. The Hall–Kier alpha value is -4.68. The molecule has 0 spiro atoms. The summed E-state index contributed by atoms with van der Waals surface area (Å²) in [7, 11) is 0. The van der Waals surface area contributed by atoms with Gasteiger partial charge in [0.1, 0.15) is 0 Å². The van der Waals surface area contributed by atoms with Crippen molar-refractivity contribution < 1.29 is 0 Å². The van der Waals surface area contributed by atoms with Crippen molar-refractivity contribution in [1.82, 2.24) is 0 Å². The number of fused-ring (bicyclic) bond motifs is 3. The van der Waals surface area contributed by atoms with Crippen LogP contribution in [0.15, 0.2) is 147 Å². The number of benzene rings is 5. The van der Waals surface area contributed by atoms with Gasteiger partial charge >= 0.3 is 0 Å². The van der Waals surface area contributed by atoms with Crippen LogP contribution in [0.5, 0.6) is 0 Å². The van der Waals surface area contributed by atoms with Crippen LogP contribution < -0.4 is 0 Å². The van der Waals surface area contributed by atoms with E-state index in [-0.39, 0.29) is 0 Å². The minimum absolute atomic E-state index is 1.07. The summed E-state index contributed by atoms with van der Waals surface area (Å²) in [4.78, 5) is 0. The van der Waals surface area contributed by atoms with Gasteiger partial charge in [-0.05, 0) is 91.0 Å². The van der Waals surface area contributed by atoms with Gasteiger partial charge in [0.15, 0.2) is 0 Å². The summed E-state index contributed by atoms with van der Waals surface area (Å²) in [6, 6.07) is 35.4. The number of allylic oxidation sites excluding steroid dienone is 8. The lowest BCUT2D eigenvalue weighted by Gasteiger charge is -2.20. The van der Waals surface area contributed by atoms with E-state index in [2.05, 4.69) is 128 Å². The van der Waals surface area contributed by atoms with Crippen LogP contribution in [-0.2, 0) is 0 Å². The van der Waals surface area contributed by atoms with Gasteiger partial charge in [-0.3, -0.25) is 0 Å². The first-order chi connectivity index (χ1) is 18.8. The molecule has 0 heteroatoms. The van der Waals surface area contributed by atoms with Crippen LogP contribution in [0, 0.1) is 0 Å². The molecule has 0 aliphatic heterocycles. The molecule has 0 aromatic heterocycles. The van der Waals surface area contributed by atoms with Crippen LogP contribution in [0.1, 0.15) is 24.0 Å². The zero-order valence-electron chi connectivity index (χ0n) is 21.5. The monoisotopic (exact) mass is 486 g/mol. The van der Waals surface area contributed by atoms with E-state index in [1.54, 1.807) is 0 Å². The number of rotatable bonds is 6. The molecule has 38 heavy (non-hydrogen) atoms. The lowest BCUT2D eigenvalue weighted by atomic mass is 9.83. The second-order valence-electron chi connectivity index (χ2n) is 9.70. The lowest BCUT2D eigenvalue weighted by molar-refractivity contribution is 1.04. The molecule has 0 bridgehead atoms. The molecule has 0 saturated carbocycles. The highest BCUT2D eigenvalue weighted by Crippen LogP contribution is 2.45. The predicted molar refractivity (Wildman–Crippen MR) is 167 cm³/mol. The van der Waals surface area contributed by atoms with E-state index in [0.29, 0.717) is 0 Å². The van der Waals surface area contributed by atoms with E-state index in [9.17, 15) is 0 Å². The quantitative estimate of drug-likeness (QED) is 0.165. The Labute approximate surface area is 225 Å². The maximum absolute atomic E-state index is 4.06. The summed E-state index contributed by atoms with van der Waals surface area (Å²) in [5.74, 6) is 0. The summed E-state index contributed by atoms with van der Waals surface area (Å²) < 4.78 is 0. The third-order valence-electron chi connectivity index (χ3n) is 7.42. The molecule has 0 N–H and O–H groups in total. The van der Waals surface area contributed by atoms with Crippen LogP contribution in [0.3, 0.4) is 0 Å². The molecule has 0 amide bonds. The molecular formula is C38H30. The van der Waals surface area contributed by atoms with Crippen LogP contribution in [0.4, 0.5) is 0 Å². The molecule has 1 aliphatic rings. The molecule has 1 aliphatic carbocycles. The molecule has 0 radical (unpaired) electrons. The second kappa shape index (κ2) is 10.4. The van der Waals surface area contributed by atoms with Gasteiger partial charge < -0.3 is 0 Å². The maximum Gasteiger partial charge on any atom is -0.00203 e. The molecule has 0 saturated heterocycles. The van der Waals surface area contributed by atoms with Gasteiger partial charge in [0.25, 0.3) is 0 Å². The Bertz CT molecular complexity index is 1760. The van der Waals surface area contributed by atoms with Crippen molar-refractivity contribution in [3.63, 3.8) is 0 Å². The lowest BCUT2D eigenvalue weighted by Crippen LogP contribution is -1.94. The van der Waals surface area contributed by atoms with Gasteiger partial charge in [0, 0.05) is 0 Å². The van der Waals surface area contributed by atoms with Crippen molar-refractivity contribution in [3.8, 4) is 22.3 Å². The van der Waals surface area contributed by atoms with E-state index >= 15 is 0 Å². The minimum Gasteiger partial charge on any atom is -0.0990 e. The summed E-state index contributed by atoms with van der Waals surface area (Å²) in [5, 5.41) is 5.02. The Kier molecular flexibility index (Phi) is 6.46. The van der Waals surface area contributed by atoms with Gasteiger partial charge in [-0.25, -0.2) is 0 Å². The van der Waals surface area contributed by atoms with E-state index < -0.39 is 0 Å². The summed E-state index contributed by atoms with van der Waals surface area (Å²) in [5.41, 5.74) is 9.76. The van der Waals surface area contributed by atoms with Crippen molar-refractivity contribution in [2.24, 2.45) is 0 Å². The fourth-order valence-electron chi connectivity index (χ4n) is 5.64. The zero-order valence-corrected chi connectivity index (χ0v) is 21.5. The van der Waals surface area contributed by atoms with Crippen LogP contribution >= 0.6 is 0 Å². The first kappa shape index (κ1) is 23.7. The molecule has 5 aromatic rings. The largest absolute Gasteiger partial charge is 0.0990 e. The third-order valence-corrected chi connectivity index (χ3v) is 7.42. The van der Waals surface area contributed by atoms with Gasteiger partial charge in [-0.15, -0.1) is 0 Å². The van der Waals surface area contributed by atoms with Crippen molar-refractivity contribution >= 4 is 32.7 Å². The summed E-state index contributed by atoms with van der Waals surface area (Å²) in [6.07, 6.45) is 14.9. The minimum atomic E-state index is 1.07. The highest BCUT2D eigenvalue weighted by atomic mass is 14.2. The van der Waals surface area contributed by atoms with Crippen LogP contribution in [0.2, 0.25) is 0 Å². The molecule has 6 rings (SSSR count). The fraction of sp³-hybridized carbons (Fsp3) is 0.0526. The molecule has 0 heterocycles. The van der Waals surface area contributed by atoms with Gasteiger partial charge in [0.2, 0.25) is 0 Å². The maximum atomic E-state index is 4.06. The molecule has 0 atom stereocenters. The molecule has 5 aromatic carbocycles. The van der Waals surface area contributed by atoms with Crippen molar-refractivity contribution in [2.45, 2.75) is 12.8 Å².